The third kappa shape index (κ3) is 4.53. The monoisotopic (exact) mass is 403 g/mol. The topological polar surface area (TPSA) is 71.3 Å². The second-order valence-electron chi connectivity index (χ2n) is 6.43. The van der Waals surface area contributed by atoms with Gasteiger partial charge in [0, 0.05) is 25.4 Å². The van der Waals surface area contributed by atoms with Gasteiger partial charge < -0.3 is 4.74 Å². The fourth-order valence-corrected chi connectivity index (χ4v) is 5.02. The number of halogens is 2. The molecule has 136 valence electrons. The van der Waals surface area contributed by atoms with E-state index in [1.165, 1.54) is 10.6 Å². The molecule has 0 N–H and O–H groups in total. The number of hydrogen-bond donors (Lipinski definition) is 0. The average Bonchev–Trinajstić information content (AvgIpc) is 2.97. The molecule has 1 aromatic rings. The largest absolute Gasteiger partial charge is 0.490 e. The van der Waals surface area contributed by atoms with Gasteiger partial charge in [0.05, 0.1) is 15.8 Å². The van der Waals surface area contributed by atoms with Crippen molar-refractivity contribution in [3.8, 4) is 5.75 Å². The number of piperidine rings is 1. The lowest BCUT2D eigenvalue weighted by Gasteiger charge is -2.32. The lowest BCUT2D eigenvalue weighted by Crippen LogP contribution is -2.46. The van der Waals surface area contributed by atoms with E-state index in [1.54, 1.807) is 31.3 Å². The van der Waals surface area contributed by atoms with Gasteiger partial charge in [0.2, 0.25) is 10.0 Å². The van der Waals surface area contributed by atoms with E-state index in [0.29, 0.717) is 41.7 Å². The van der Waals surface area contributed by atoms with E-state index in [4.69, 9.17) is 27.9 Å². The van der Waals surface area contributed by atoms with E-state index >= 15 is 0 Å². The van der Waals surface area contributed by atoms with Crippen LogP contribution in [0.25, 0.3) is 0 Å². The van der Waals surface area contributed by atoms with Crippen LogP contribution < -0.4 is 4.74 Å². The van der Waals surface area contributed by atoms with Crippen molar-refractivity contribution in [2.75, 3.05) is 18.8 Å². The summed E-state index contributed by atoms with van der Waals surface area (Å²) >= 11 is 11.9. The number of ether oxygens (including phenoxy) is 1. The molecule has 0 saturated carbocycles. The van der Waals surface area contributed by atoms with Gasteiger partial charge in [0.1, 0.15) is 23.7 Å². The van der Waals surface area contributed by atoms with Crippen molar-refractivity contribution in [2.45, 2.75) is 31.4 Å². The van der Waals surface area contributed by atoms with Crippen molar-refractivity contribution in [1.82, 2.24) is 4.31 Å². The molecule has 1 saturated heterocycles. The summed E-state index contributed by atoms with van der Waals surface area (Å²) in [5, 5.41) is 0.910. The predicted molar refractivity (Wildman–Crippen MR) is 101 cm³/mol. The Morgan fingerprint density at radius 3 is 2.60 bits per heavy atom. The molecule has 1 aromatic carbocycles. The second-order valence-corrected chi connectivity index (χ2v) is 9.21. The number of sulfonamides is 1. The molecular formula is C16H19Cl2N3O3S. The predicted octanol–water partition coefficient (Wildman–Crippen LogP) is 3.04. The Bertz CT molecular complexity index is 791. The zero-order chi connectivity index (χ0) is 18.1. The summed E-state index contributed by atoms with van der Waals surface area (Å²) in [6.07, 6.45) is 4.16. The number of rotatable bonds is 5. The number of hydrogen-bond acceptors (Lipinski definition) is 5. The van der Waals surface area contributed by atoms with Crippen molar-refractivity contribution in [1.29, 1.82) is 0 Å². The lowest BCUT2D eigenvalue weighted by atomic mass is 10.1. The Balaban J connectivity index is 1.57. The zero-order valence-corrected chi connectivity index (χ0v) is 16.1. The maximum absolute atomic E-state index is 12.6. The molecule has 3 rings (SSSR count). The third-order valence-corrected chi connectivity index (χ3v) is 7.07. The highest BCUT2D eigenvalue weighted by atomic mass is 35.5. The van der Waals surface area contributed by atoms with Crippen LogP contribution in [0.3, 0.4) is 0 Å². The third-order valence-electron chi connectivity index (χ3n) is 4.23. The first-order valence-corrected chi connectivity index (χ1v) is 10.3. The van der Waals surface area contributed by atoms with Gasteiger partial charge in [0.15, 0.2) is 0 Å². The molecule has 1 fully saturated rings. The van der Waals surface area contributed by atoms with Gasteiger partial charge in [-0.15, -0.1) is 0 Å². The van der Waals surface area contributed by atoms with E-state index < -0.39 is 15.6 Å². The van der Waals surface area contributed by atoms with Crippen LogP contribution in [0.5, 0.6) is 5.75 Å². The molecule has 2 aliphatic rings. The van der Waals surface area contributed by atoms with Gasteiger partial charge >= 0.3 is 0 Å². The second kappa shape index (κ2) is 7.23. The maximum Gasteiger partial charge on any atom is 0.216 e. The summed E-state index contributed by atoms with van der Waals surface area (Å²) < 4.78 is 32.6. The first-order valence-electron chi connectivity index (χ1n) is 7.95. The standard InChI is InChI=1S/C16H19Cl2N3O3S/c1-16(9-19-11-20-16)10-25(22,23)21-6-4-12(5-7-21)24-13-2-3-14(17)15(18)8-13/h2-3,8-9,11-12H,4-7,10H2,1H3/t16-/m0/s1. The van der Waals surface area contributed by atoms with Gasteiger partial charge in [-0.25, -0.2) is 17.7 Å². The van der Waals surface area contributed by atoms with E-state index in [1.807, 2.05) is 0 Å². The van der Waals surface area contributed by atoms with Gasteiger partial charge in [-0.3, -0.25) is 4.99 Å². The van der Waals surface area contributed by atoms with Crippen molar-refractivity contribution in [3.63, 3.8) is 0 Å². The van der Waals surface area contributed by atoms with Crippen molar-refractivity contribution in [2.24, 2.45) is 9.98 Å². The highest BCUT2D eigenvalue weighted by molar-refractivity contribution is 7.89. The molecule has 2 aliphatic heterocycles. The van der Waals surface area contributed by atoms with Crippen LogP contribution >= 0.6 is 23.2 Å². The SMILES string of the molecule is C[C@@]1(CS(=O)(=O)N2CCC(Oc3ccc(Cl)c(Cl)c3)CC2)C=NC=N1. The molecule has 25 heavy (non-hydrogen) atoms. The molecular weight excluding hydrogens is 385 g/mol. The minimum atomic E-state index is -3.40. The Hall–Kier alpha value is -1.15. The summed E-state index contributed by atoms with van der Waals surface area (Å²) in [6.45, 7) is 2.61. The molecule has 0 bridgehead atoms. The summed E-state index contributed by atoms with van der Waals surface area (Å²) in [4.78, 5) is 8.03. The van der Waals surface area contributed by atoms with E-state index in [-0.39, 0.29) is 11.9 Å². The Kier molecular flexibility index (Phi) is 5.39. The molecule has 1 atom stereocenters. The molecule has 0 aromatic heterocycles. The maximum atomic E-state index is 12.6. The van der Waals surface area contributed by atoms with Crippen LogP contribution in [0, 0.1) is 0 Å². The normalized spacial score (nSPS) is 24.8. The fourth-order valence-electron chi connectivity index (χ4n) is 2.90. The van der Waals surface area contributed by atoms with Crippen LogP contribution in [-0.4, -0.2) is 55.8 Å². The first kappa shape index (κ1) is 18.6. The molecule has 0 radical (unpaired) electrons. The first-order chi connectivity index (χ1) is 11.8. The molecule has 0 spiro atoms. The van der Waals surface area contributed by atoms with Crippen LogP contribution in [0.4, 0.5) is 0 Å². The fraction of sp³-hybridized carbons (Fsp3) is 0.500. The Morgan fingerprint density at radius 1 is 1.28 bits per heavy atom. The highest BCUT2D eigenvalue weighted by Gasteiger charge is 2.36. The van der Waals surface area contributed by atoms with Crippen LogP contribution in [0.15, 0.2) is 28.2 Å². The summed E-state index contributed by atoms with van der Waals surface area (Å²) in [5.41, 5.74) is -0.772. The molecule has 6 nitrogen and oxygen atoms in total. The van der Waals surface area contributed by atoms with Crippen LogP contribution in [0.1, 0.15) is 19.8 Å². The summed E-state index contributed by atoms with van der Waals surface area (Å²) in [5.74, 6) is 0.568. The zero-order valence-electron chi connectivity index (χ0n) is 13.7. The minimum absolute atomic E-state index is 0.0506. The molecule has 2 heterocycles. The number of benzene rings is 1. The quantitative estimate of drug-likeness (QED) is 0.758. The van der Waals surface area contributed by atoms with Gasteiger partial charge in [-0.1, -0.05) is 23.2 Å². The van der Waals surface area contributed by atoms with E-state index in [9.17, 15) is 8.42 Å². The van der Waals surface area contributed by atoms with Crippen molar-refractivity contribution in [3.05, 3.63) is 28.2 Å². The van der Waals surface area contributed by atoms with E-state index in [2.05, 4.69) is 9.98 Å². The van der Waals surface area contributed by atoms with E-state index in [0.717, 1.165) is 0 Å². The smallest absolute Gasteiger partial charge is 0.216 e. The molecule has 0 aliphatic carbocycles. The number of nitrogens with zero attached hydrogens (tertiary/aromatic N) is 3. The van der Waals surface area contributed by atoms with Crippen molar-refractivity contribution >= 4 is 45.8 Å². The Labute approximate surface area is 157 Å². The van der Waals surface area contributed by atoms with Crippen LogP contribution in [-0.2, 0) is 10.0 Å². The molecule has 9 heteroatoms. The van der Waals surface area contributed by atoms with Crippen LogP contribution in [0.2, 0.25) is 10.0 Å². The van der Waals surface area contributed by atoms with Gasteiger partial charge in [-0.05, 0) is 31.9 Å². The van der Waals surface area contributed by atoms with Gasteiger partial charge in [0.25, 0.3) is 0 Å². The number of aliphatic imine (C=N–C) groups is 2. The highest BCUT2D eigenvalue weighted by Crippen LogP contribution is 2.28. The van der Waals surface area contributed by atoms with Crippen molar-refractivity contribution < 1.29 is 13.2 Å². The lowest BCUT2D eigenvalue weighted by molar-refractivity contribution is 0.135. The Morgan fingerprint density at radius 2 is 2.00 bits per heavy atom. The summed E-state index contributed by atoms with van der Waals surface area (Å²) in [7, 11) is -3.40. The average molecular weight is 404 g/mol. The summed E-state index contributed by atoms with van der Waals surface area (Å²) in [6, 6.07) is 5.12. The minimum Gasteiger partial charge on any atom is -0.490 e. The van der Waals surface area contributed by atoms with Gasteiger partial charge in [-0.2, -0.15) is 0 Å². The molecule has 0 unspecified atom stereocenters. The molecule has 0 amide bonds.